The van der Waals surface area contributed by atoms with Gasteiger partial charge in [-0.15, -0.1) is 0 Å². The molecule has 0 fully saturated rings. The second-order valence-corrected chi connectivity index (χ2v) is 7.14. The number of carbonyl (C=O) groups is 1. The summed E-state index contributed by atoms with van der Waals surface area (Å²) in [4.78, 5) is 22.2. The Morgan fingerprint density at radius 3 is 2.33 bits per heavy atom. The SMILES string of the molecule is CC(=O)CN(c1ccc(C)cc1[N+](=O)[O-])S(=O)(=O)c1ccccc1. The number of nitro groups is 1. The molecule has 0 saturated heterocycles. The van der Waals surface area contributed by atoms with E-state index >= 15 is 0 Å². The van der Waals surface area contributed by atoms with E-state index in [2.05, 4.69) is 0 Å². The molecule has 24 heavy (non-hydrogen) atoms. The smallest absolute Gasteiger partial charge is 0.293 e. The molecule has 0 aliphatic carbocycles. The minimum absolute atomic E-state index is 0.0406. The van der Waals surface area contributed by atoms with Gasteiger partial charge in [0.25, 0.3) is 15.7 Å². The lowest BCUT2D eigenvalue weighted by Gasteiger charge is -2.23. The third kappa shape index (κ3) is 3.60. The van der Waals surface area contributed by atoms with Gasteiger partial charge in [-0.25, -0.2) is 8.42 Å². The topological polar surface area (TPSA) is 97.6 Å². The summed E-state index contributed by atoms with van der Waals surface area (Å²) in [7, 11) is -4.11. The van der Waals surface area contributed by atoms with Gasteiger partial charge in [-0.05, 0) is 37.6 Å². The zero-order valence-corrected chi connectivity index (χ0v) is 14.0. The zero-order valence-electron chi connectivity index (χ0n) is 13.2. The second kappa shape index (κ2) is 6.79. The molecule has 0 saturated carbocycles. The van der Waals surface area contributed by atoms with Crippen LogP contribution >= 0.6 is 0 Å². The summed E-state index contributed by atoms with van der Waals surface area (Å²) in [5, 5.41) is 11.3. The van der Waals surface area contributed by atoms with Gasteiger partial charge in [0.1, 0.15) is 11.5 Å². The summed E-state index contributed by atoms with van der Waals surface area (Å²) in [5.74, 6) is -0.427. The molecular formula is C16H16N2O5S. The Balaban J connectivity index is 2.67. The third-order valence-corrected chi connectivity index (χ3v) is 5.07. The van der Waals surface area contributed by atoms with Crippen LogP contribution in [0.15, 0.2) is 53.4 Å². The average molecular weight is 348 g/mol. The molecule has 2 aromatic carbocycles. The highest BCUT2D eigenvalue weighted by atomic mass is 32.2. The highest BCUT2D eigenvalue weighted by Gasteiger charge is 2.31. The fourth-order valence-electron chi connectivity index (χ4n) is 2.21. The largest absolute Gasteiger partial charge is 0.298 e. The molecule has 0 spiro atoms. The van der Waals surface area contributed by atoms with E-state index in [0.717, 1.165) is 4.31 Å². The summed E-state index contributed by atoms with van der Waals surface area (Å²) < 4.78 is 26.5. The van der Waals surface area contributed by atoms with Crippen LogP contribution < -0.4 is 4.31 Å². The Morgan fingerprint density at radius 1 is 1.17 bits per heavy atom. The molecule has 0 aliphatic heterocycles. The molecule has 0 unspecified atom stereocenters. The fourth-order valence-corrected chi connectivity index (χ4v) is 3.73. The average Bonchev–Trinajstić information content (AvgIpc) is 2.53. The molecule has 0 atom stereocenters. The minimum atomic E-state index is -4.11. The van der Waals surface area contributed by atoms with Crippen molar-refractivity contribution in [3.63, 3.8) is 0 Å². The van der Waals surface area contributed by atoms with Crippen molar-refractivity contribution in [2.24, 2.45) is 0 Å². The lowest BCUT2D eigenvalue weighted by atomic mass is 10.2. The molecule has 126 valence electrons. The van der Waals surface area contributed by atoms with E-state index in [0.29, 0.717) is 5.56 Å². The van der Waals surface area contributed by atoms with Crippen molar-refractivity contribution >= 4 is 27.2 Å². The minimum Gasteiger partial charge on any atom is -0.298 e. The lowest BCUT2D eigenvalue weighted by Crippen LogP contribution is -2.35. The number of anilines is 1. The highest BCUT2D eigenvalue weighted by molar-refractivity contribution is 7.92. The quantitative estimate of drug-likeness (QED) is 0.590. The number of rotatable bonds is 6. The first-order valence-electron chi connectivity index (χ1n) is 7.06. The van der Waals surface area contributed by atoms with Crippen LogP contribution in [0.5, 0.6) is 0 Å². The Bertz CT molecular complexity index is 879. The van der Waals surface area contributed by atoms with Crippen LogP contribution in [-0.4, -0.2) is 25.7 Å². The molecule has 0 radical (unpaired) electrons. The second-order valence-electron chi connectivity index (χ2n) is 5.28. The number of benzene rings is 2. The highest BCUT2D eigenvalue weighted by Crippen LogP contribution is 2.33. The van der Waals surface area contributed by atoms with Gasteiger partial charge >= 0.3 is 0 Å². The standard InChI is InChI=1S/C16H16N2O5S/c1-12-8-9-15(16(10-12)18(20)21)17(11-13(2)19)24(22,23)14-6-4-3-5-7-14/h3-10H,11H2,1-2H3. The van der Waals surface area contributed by atoms with Crippen molar-refractivity contribution in [2.45, 2.75) is 18.7 Å². The van der Waals surface area contributed by atoms with E-state index < -0.39 is 27.3 Å². The molecule has 7 nitrogen and oxygen atoms in total. The molecule has 2 rings (SSSR count). The van der Waals surface area contributed by atoms with Gasteiger partial charge in [-0.3, -0.25) is 19.2 Å². The normalized spacial score (nSPS) is 11.1. The summed E-state index contributed by atoms with van der Waals surface area (Å²) in [6.45, 7) is 2.41. The number of carbonyl (C=O) groups excluding carboxylic acids is 1. The summed E-state index contributed by atoms with van der Waals surface area (Å²) in [6.07, 6.45) is 0. The molecule has 0 aromatic heterocycles. The van der Waals surface area contributed by atoms with Gasteiger partial charge in [0.2, 0.25) is 0 Å². The predicted octanol–water partition coefficient (Wildman–Crippen LogP) is 2.69. The number of aryl methyl sites for hydroxylation is 1. The molecule has 2 aromatic rings. The Morgan fingerprint density at radius 2 is 1.79 bits per heavy atom. The summed E-state index contributed by atoms with van der Waals surface area (Å²) in [5.41, 5.74) is 0.116. The number of Topliss-reactive ketones (excluding diaryl/α,β-unsaturated/α-hetero) is 1. The summed E-state index contributed by atoms with van der Waals surface area (Å²) in [6, 6.07) is 11.7. The number of sulfonamides is 1. The van der Waals surface area contributed by atoms with Crippen molar-refractivity contribution < 1.29 is 18.1 Å². The Hall–Kier alpha value is -2.74. The van der Waals surface area contributed by atoms with Gasteiger partial charge in [0.15, 0.2) is 0 Å². The zero-order chi connectivity index (χ0) is 17.9. The van der Waals surface area contributed by atoms with Gasteiger partial charge in [-0.1, -0.05) is 24.3 Å². The van der Waals surface area contributed by atoms with Crippen LogP contribution in [0.4, 0.5) is 11.4 Å². The maximum absolute atomic E-state index is 12.9. The molecule has 0 bridgehead atoms. The molecule has 8 heteroatoms. The van der Waals surface area contributed by atoms with Crippen LogP contribution in [0.1, 0.15) is 12.5 Å². The van der Waals surface area contributed by atoms with Crippen LogP contribution in [0.25, 0.3) is 0 Å². The number of ketones is 1. The number of hydrogen-bond acceptors (Lipinski definition) is 5. The van der Waals surface area contributed by atoms with Crippen molar-refractivity contribution in [3.05, 3.63) is 64.2 Å². The van der Waals surface area contributed by atoms with Crippen LogP contribution in [-0.2, 0) is 14.8 Å². The van der Waals surface area contributed by atoms with Crippen LogP contribution in [0, 0.1) is 17.0 Å². The number of nitrogens with zero attached hydrogens (tertiary/aromatic N) is 2. The first kappa shape index (κ1) is 17.6. The van der Waals surface area contributed by atoms with E-state index in [4.69, 9.17) is 0 Å². The Labute approximate surface area is 139 Å². The van der Waals surface area contributed by atoms with Crippen molar-refractivity contribution in [1.82, 2.24) is 0 Å². The van der Waals surface area contributed by atoms with E-state index in [-0.39, 0.29) is 16.3 Å². The lowest BCUT2D eigenvalue weighted by molar-refractivity contribution is -0.384. The maximum atomic E-state index is 12.9. The third-order valence-electron chi connectivity index (χ3n) is 3.29. The Kier molecular flexibility index (Phi) is 4.99. The molecule has 0 amide bonds. The van der Waals surface area contributed by atoms with Gasteiger partial charge in [-0.2, -0.15) is 0 Å². The number of hydrogen-bond donors (Lipinski definition) is 0. The van der Waals surface area contributed by atoms with Crippen LogP contribution in [0.2, 0.25) is 0 Å². The maximum Gasteiger partial charge on any atom is 0.293 e. The van der Waals surface area contributed by atoms with Crippen molar-refractivity contribution in [1.29, 1.82) is 0 Å². The number of nitro benzene ring substituents is 1. The molecule has 0 aliphatic rings. The van der Waals surface area contributed by atoms with Crippen molar-refractivity contribution in [3.8, 4) is 0 Å². The van der Waals surface area contributed by atoms with E-state index in [9.17, 15) is 23.3 Å². The first-order chi connectivity index (χ1) is 11.2. The molecular weight excluding hydrogens is 332 g/mol. The van der Waals surface area contributed by atoms with Gasteiger partial charge in [0, 0.05) is 6.07 Å². The molecule has 0 N–H and O–H groups in total. The summed E-state index contributed by atoms with van der Waals surface area (Å²) >= 11 is 0. The van der Waals surface area contributed by atoms with E-state index in [1.165, 1.54) is 31.2 Å². The van der Waals surface area contributed by atoms with Crippen molar-refractivity contribution in [2.75, 3.05) is 10.8 Å². The van der Waals surface area contributed by atoms with Gasteiger partial charge < -0.3 is 0 Å². The van der Waals surface area contributed by atoms with E-state index in [1.54, 1.807) is 31.2 Å². The van der Waals surface area contributed by atoms with Gasteiger partial charge in [0.05, 0.1) is 16.4 Å². The predicted molar refractivity (Wildman–Crippen MR) is 89.5 cm³/mol. The first-order valence-corrected chi connectivity index (χ1v) is 8.50. The molecule has 0 heterocycles. The monoisotopic (exact) mass is 348 g/mol. The van der Waals surface area contributed by atoms with E-state index in [1.807, 2.05) is 0 Å². The van der Waals surface area contributed by atoms with Crippen LogP contribution in [0.3, 0.4) is 0 Å². The fraction of sp³-hybridized carbons (Fsp3) is 0.188.